The first-order valence-corrected chi connectivity index (χ1v) is 5.41. The fraction of sp³-hybridized carbons (Fsp3) is 0.286. The van der Waals surface area contributed by atoms with Gasteiger partial charge in [0.05, 0.1) is 0 Å². The predicted molar refractivity (Wildman–Crippen MR) is 65.4 cm³/mol. The van der Waals surface area contributed by atoms with Crippen molar-refractivity contribution >= 4 is 5.57 Å². The zero-order valence-corrected chi connectivity index (χ0v) is 9.40. The first-order chi connectivity index (χ1) is 7.27. The third-order valence-electron chi connectivity index (χ3n) is 2.75. The van der Waals surface area contributed by atoms with Crippen molar-refractivity contribution in [1.29, 1.82) is 0 Å². The van der Waals surface area contributed by atoms with E-state index in [-0.39, 0.29) is 0 Å². The quantitative estimate of drug-likeness (QED) is 0.706. The van der Waals surface area contributed by atoms with Gasteiger partial charge < -0.3 is 4.90 Å². The molecule has 78 valence electrons. The lowest BCUT2D eigenvalue weighted by Crippen LogP contribution is -2.11. The summed E-state index contributed by atoms with van der Waals surface area (Å²) >= 11 is 0. The molecule has 0 atom stereocenters. The number of nitrogens with zero attached hydrogens (tertiary/aromatic N) is 1. The van der Waals surface area contributed by atoms with Gasteiger partial charge in [0.25, 0.3) is 0 Å². The molecule has 0 heterocycles. The van der Waals surface area contributed by atoms with Crippen LogP contribution in [0.15, 0.2) is 48.2 Å². The number of rotatable bonds is 2. The summed E-state index contributed by atoms with van der Waals surface area (Å²) in [5.41, 5.74) is 4.12. The lowest BCUT2D eigenvalue weighted by molar-refractivity contribution is 0.524. The van der Waals surface area contributed by atoms with Crippen molar-refractivity contribution in [2.75, 3.05) is 14.1 Å². The second-order valence-corrected chi connectivity index (χ2v) is 4.10. The van der Waals surface area contributed by atoms with Gasteiger partial charge in [-0.3, -0.25) is 0 Å². The van der Waals surface area contributed by atoms with Gasteiger partial charge in [0, 0.05) is 19.8 Å². The summed E-state index contributed by atoms with van der Waals surface area (Å²) in [6, 6.07) is 10.6. The number of likely N-dealkylation sites (N-methyl/N-ethyl adjacent to an activating group) is 1. The van der Waals surface area contributed by atoms with Gasteiger partial charge in [0.1, 0.15) is 0 Å². The highest BCUT2D eigenvalue weighted by molar-refractivity contribution is 5.69. The summed E-state index contributed by atoms with van der Waals surface area (Å²) in [5, 5.41) is 0. The van der Waals surface area contributed by atoms with Crippen LogP contribution in [0.25, 0.3) is 5.57 Å². The molecule has 1 aliphatic carbocycles. The normalized spacial score (nSPS) is 15.6. The molecule has 0 aromatic heterocycles. The second-order valence-electron chi connectivity index (χ2n) is 4.10. The minimum Gasteiger partial charge on any atom is -0.378 e. The topological polar surface area (TPSA) is 3.24 Å². The summed E-state index contributed by atoms with van der Waals surface area (Å²) in [7, 11) is 4.19. The Morgan fingerprint density at radius 2 is 1.80 bits per heavy atom. The molecule has 0 saturated heterocycles. The van der Waals surface area contributed by atoms with Crippen LogP contribution < -0.4 is 0 Å². The van der Waals surface area contributed by atoms with Gasteiger partial charge in [-0.25, -0.2) is 0 Å². The van der Waals surface area contributed by atoms with Crippen LogP contribution in [0.4, 0.5) is 0 Å². The third-order valence-corrected chi connectivity index (χ3v) is 2.75. The second kappa shape index (κ2) is 4.35. The average molecular weight is 199 g/mol. The Morgan fingerprint density at radius 1 is 1.07 bits per heavy atom. The van der Waals surface area contributed by atoms with Crippen LogP contribution in [0, 0.1) is 0 Å². The smallest absolute Gasteiger partial charge is 0.0323 e. The number of allylic oxidation sites excluding steroid dienone is 3. The fourth-order valence-electron chi connectivity index (χ4n) is 1.88. The molecular formula is C14H17N. The van der Waals surface area contributed by atoms with Crippen molar-refractivity contribution in [2.45, 2.75) is 12.8 Å². The van der Waals surface area contributed by atoms with Crippen molar-refractivity contribution in [1.82, 2.24) is 4.90 Å². The number of hydrogen-bond donors (Lipinski definition) is 0. The van der Waals surface area contributed by atoms with E-state index in [0.717, 1.165) is 12.8 Å². The van der Waals surface area contributed by atoms with Crippen molar-refractivity contribution in [3.05, 3.63) is 53.7 Å². The van der Waals surface area contributed by atoms with Gasteiger partial charge in [-0.05, 0) is 30.1 Å². The summed E-state index contributed by atoms with van der Waals surface area (Å²) < 4.78 is 0. The molecule has 1 nitrogen and oxygen atoms in total. The maximum atomic E-state index is 2.30. The minimum atomic E-state index is 1.15. The predicted octanol–water partition coefficient (Wildman–Crippen LogP) is 3.31. The van der Waals surface area contributed by atoms with E-state index >= 15 is 0 Å². The van der Waals surface area contributed by atoms with Crippen molar-refractivity contribution in [3.8, 4) is 0 Å². The van der Waals surface area contributed by atoms with E-state index < -0.39 is 0 Å². The number of benzene rings is 1. The van der Waals surface area contributed by atoms with Gasteiger partial charge in [0.2, 0.25) is 0 Å². The molecule has 1 aromatic rings. The molecule has 0 saturated carbocycles. The highest BCUT2D eigenvalue weighted by Crippen LogP contribution is 2.26. The van der Waals surface area contributed by atoms with Crippen molar-refractivity contribution in [3.63, 3.8) is 0 Å². The third kappa shape index (κ3) is 2.30. The van der Waals surface area contributed by atoms with E-state index in [1.807, 2.05) is 0 Å². The SMILES string of the molecule is CN(C)C1=CCCC(c2ccccc2)=C1. The molecule has 0 unspecified atom stereocenters. The molecular weight excluding hydrogens is 182 g/mol. The Morgan fingerprint density at radius 3 is 2.47 bits per heavy atom. The molecule has 0 radical (unpaired) electrons. The molecule has 0 N–H and O–H groups in total. The zero-order valence-electron chi connectivity index (χ0n) is 9.40. The maximum Gasteiger partial charge on any atom is 0.0323 e. The van der Waals surface area contributed by atoms with Crippen LogP contribution in [0.1, 0.15) is 18.4 Å². The first kappa shape index (κ1) is 10.0. The van der Waals surface area contributed by atoms with Crippen LogP contribution in [-0.4, -0.2) is 19.0 Å². The van der Waals surface area contributed by atoms with Crippen molar-refractivity contribution < 1.29 is 0 Å². The van der Waals surface area contributed by atoms with E-state index in [4.69, 9.17) is 0 Å². The van der Waals surface area contributed by atoms with E-state index in [1.54, 1.807) is 0 Å². The molecule has 1 heteroatoms. The summed E-state index contributed by atoms with van der Waals surface area (Å²) in [6.45, 7) is 0. The van der Waals surface area contributed by atoms with Gasteiger partial charge in [0.15, 0.2) is 0 Å². The fourth-order valence-corrected chi connectivity index (χ4v) is 1.88. The van der Waals surface area contributed by atoms with Gasteiger partial charge in [-0.1, -0.05) is 36.4 Å². The molecule has 0 amide bonds. The first-order valence-electron chi connectivity index (χ1n) is 5.41. The van der Waals surface area contributed by atoms with Gasteiger partial charge in [-0.2, -0.15) is 0 Å². The summed E-state index contributed by atoms with van der Waals surface area (Å²) in [6.07, 6.45) is 6.89. The van der Waals surface area contributed by atoms with E-state index in [0.29, 0.717) is 0 Å². The Bertz CT molecular complexity index is 385. The standard InChI is InChI=1S/C14H17N/c1-15(2)14-10-6-9-13(11-14)12-7-4-3-5-8-12/h3-5,7-8,10-11H,6,9H2,1-2H3. The Kier molecular flexibility index (Phi) is 2.91. The zero-order chi connectivity index (χ0) is 10.7. The van der Waals surface area contributed by atoms with Gasteiger partial charge in [-0.15, -0.1) is 0 Å². The Labute approximate surface area is 91.7 Å². The van der Waals surface area contributed by atoms with E-state index in [9.17, 15) is 0 Å². The van der Waals surface area contributed by atoms with Crippen LogP contribution in [0.3, 0.4) is 0 Å². The summed E-state index contributed by atoms with van der Waals surface area (Å²) in [5.74, 6) is 0. The van der Waals surface area contributed by atoms with Crippen LogP contribution in [-0.2, 0) is 0 Å². The largest absolute Gasteiger partial charge is 0.378 e. The highest BCUT2D eigenvalue weighted by atomic mass is 15.1. The van der Waals surface area contributed by atoms with Crippen LogP contribution in [0.2, 0.25) is 0 Å². The molecule has 0 aliphatic heterocycles. The monoisotopic (exact) mass is 199 g/mol. The molecule has 0 spiro atoms. The molecule has 0 bridgehead atoms. The van der Waals surface area contributed by atoms with Crippen molar-refractivity contribution in [2.24, 2.45) is 0 Å². The maximum absolute atomic E-state index is 2.30. The molecule has 15 heavy (non-hydrogen) atoms. The van der Waals surface area contributed by atoms with Gasteiger partial charge >= 0.3 is 0 Å². The molecule has 1 aliphatic rings. The van der Waals surface area contributed by atoms with Crippen LogP contribution >= 0.6 is 0 Å². The molecule has 2 rings (SSSR count). The average Bonchev–Trinajstić information content (AvgIpc) is 2.30. The lowest BCUT2D eigenvalue weighted by atomic mass is 9.96. The highest BCUT2D eigenvalue weighted by Gasteiger charge is 2.07. The minimum absolute atomic E-state index is 1.15. The molecule has 1 aromatic carbocycles. The van der Waals surface area contributed by atoms with E-state index in [1.165, 1.54) is 16.8 Å². The Balaban J connectivity index is 2.28. The molecule has 0 fully saturated rings. The number of hydrogen-bond acceptors (Lipinski definition) is 1. The lowest BCUT2D eigenvalue weighted by Gasteiger charge is -2.20. The summed E-state index contributed by atoms with van der Waals surface area (Å²) in [4.78, 5) is 2.17. The Hall–Kier alpha value is -1.50. The van der Waals surface area contributed by atoms with Crippen LogP contribution in [0.5, 0.6) is 0 Å². The van der Waals surface area contributed by atoms with E-state index in [2.05, 4.69) is 61.5 Å².